The molecule has 0 saturated heterocycles. The van der Waals surface area contributed by atoms with E-state index in [9.17, 15) is 14.4 Å². The minimum atomic E-state index is -0.795. The topological polar surface area (TPSA) is 78.9 Å². The SMILES string of the molecule is CC/C=C\C/C=C\C/C=C\C/C=C\CCCCCCC(=O)OC(COC(=O)CCCCCCC/C=C\C/C=C\CCCC)COC(=O)CCCCCCCCCCCCCCCCCCCCCCCCCCCCCCCC. The molecule has 0 aliphatic rings. The first-order valence-corrected chi connectivity index (χ1v) is 34.4. The first-order valence-electron chi connectivity index (χ1n) is 34.4. The minimum absolute atomic E-state index is 0.0874. The lowest BCUT2D eigenvalue weighted by atomic mass is 10.0. The van der Waals surface area contributed by atoms with Gasteiger partial charge in [0.25, 0.3) is 0 Å². The molecule has 0 saturated carbocycles. The molecule has 0 aliphatic carbocycles. The van der Waals surface area contributed by atoms with Crippen molar-refractivity contribution in [3.63, 3.8) is 0 Å². The van der Waals surface area contributed by atoms with Gasteiger partial charge >= 0.3 is 17.9 Å². The van der Waals surface area contributed by atoms with E-state index in [1.807, 2.05) is 0 Å². The molecule has 79 heavy (non-hydrogen) atoms. The fraction of sp³-hybridized carbons (Fsp3) is 0.795. The lowest BCUT2D eigenvalue weighted by Gasteiger charge is -2.18. The Morgan fingerprint density at radius 3 is 0.810 bits per heavy atom. The van der Waals surface area contributed by atoms with Crippen LogP contribution in [0.25, 0.3) is 0 Å². The Hall–Kier alpha value is -3.15. The van der Waals surface area contributed by atoms with Gasteiger partial charge in [0, 0.05) is 19.3 Å². The Kier molecular flexibility index (Phi) is 64.7. The number of esters is 3. The largest absolute Gasteiger partial charge is 0.462 e. The van der Waals surface area contributed by atoms with E-state index >= 15 is 0 Å². The first kappa shape index (κ1) is 75.8. The molecular weight excluding hydrogens is 973 g/mol. The van der Waals surface area contributed by atoms with Crippen molar-refractivity contribution in [2.45, 2.75) is 361 Å². The normalized spacial score (nSPS) is 12.5. The maximum absolute atomic E-state index is 12.9. The van der Waals surface area contributed by atoms with Crippen molar-refractivity contribution in [3.05, 3.63) is 72.9 Å². The molecule has 0 aromatic heterocycles. The Morgan fingerprint density at radius 2 is 0.506 bits per heavy atom. The van der Waals surface area contributed by atoms with E-state index < -0.39 is 6.10 Å². The van der Waals surface area contributed by atoms with E-state index in [2.05, 4.69) is 93.7 Å². The van der Waals surface area contributed by atoms with Crippen molar-refractivity contribution in [3.8, 4) is 0 Å². The van der Waals surface area contributed by atoms with Crippen LogP contribution in [0.1, 0.15) is 355 Å². The third-order valence-electron chi connectivity index (χ3n) is 15.2. The van der Waals surface area contributed by atoms with Crippen LogP contribution in [0.5, 0.6) is 0 Å². The van der Waals surface area contributed by atoms with Gasteiger partial charge in [0.1, 0.15) is 13.2 Å². The molecule has 0 heterocycles. The fourth-order valence-electron chi connectivity index (χ4n) is 10.0. The molecular formula is C73H130O6. The molecule has 6 heteroatoms. The molecule has 1 atom stereocenters. The molecule has 0 fully saturated rings. The van der Waals surface area contributed by atoms with Gasteiger partial charge in [-0.1, -0.05) is 325 Å². The summed E-state index contributed by atoms with van der Waals surface area (Å²) in [5, 5.41) is 0. The van der Waals surface area contributed by atoms with Crippen LogP contribution >= 0.6 is 0 Å². The minimum Gasteiger partial charge on any atom is -0.462 e. The molecule has 0 spiro atoms. The number of carbonyl (C=O) groups excluding carboxylic acids is 3. The summed E-state index contributed by atoms with van der Waals surface area (Å²) in [6.07, 6.45) is 88.0. The van der Waals surface area contributed by atoms with Crippen molar-refractivity contribution >= 4 is 17.9 Å². The third kappa shape index (κ3) is 65.5. The summed E-state index contributed by atoms with van der Waals surface area (Å²) in [4.78, 5) is 38.3. The van der Waals surface area contributed by atoms with E-state index in [1.165, 1.54) is 193 Å². The van der Waals surface area contributed by atoms with Gasteiger partial charge in [-0.2, -0.15) is 0 Å². The average molecular weight is 1100 g/mol. The second-order valence-corrected chi connectivity index (χ2v) is 23.1. The van der Waals surface area contributed by atoms with Crippen LogP contribution in [0, 0.1) is 0 Å². The van der Waals surface area contributed by atoms with Crippen molar-refractivity contribution in [2.75, 3.05) is 13.2 Å². The standard InChI is InChI=1S/C73H130O6/c1-4-7-10-13-16-19-22-25-28-30-31-32-33-34-35-36-37-38-39-40-41-42-44-45-48-51-54-57-60-63-66-72(75)78-69-70(68-77-71(74)65-62-59-56-53-50-47-27-24-21-18-15-12-9-6-3)79-73(76)67-64-61-58-55-52-49-46-43-29-26-23-20-17-14-11-8-5-2/h8,11,15,17-18,20,24,26-27,29,46,49,70H,4-7,9-10,12-14,16,19,21-23,25,28,30-45,47-48,50-69H2,1-3H3/b11-8-,18-15-,20-17-,27-24-,29-26-,49-46-. The predicted molar refractivity (Wildman–Crippen MR) is 344 cm³/mol. The lowest BCUT2D eigenvalue weighted by molar-refractivity contribution is -0.167. The number of carbonyl (C=O) groups is 3. The molecule has 0 amide bonds. The van der Waals surface area contributed by atoms with Crippen LogP contribution in [0.3, 0.4) is 0 Å². The van der Waals surface area contributed by atoms with Crippen molar-refractivity contribution in [2.24, 2.45) is 0 Å². The molecule has 0 aromatic carbocycles. The highest BCUT2D eigenvalue weighted by molar-refractivity contribution is 5.71. The lowest BCUT2D eigenvalue weighted by Crippen LogP contribution is -2.30. The van der Waals surface area contributed by atoms with Gasteiger partial charge in [-0.3, -0.25) is 14.4 Å². The van der Waals surface area contributed by atoms with E-state index in [4.69, 9.17) is 14.2 Å². The smallest absolute Gasteiger partial charge is 0.306 e. The molecule has 0 aliphatic heterocycles. The Labute approximate surface area is 491 Å². The van der Waals surface area contributed by atoms with E-state index in [-0.39, 0.29) is 31.1 Å². The van der Waals surface area contributed by atoms with Gasteiger partial charge in [0.2, 0.25) is 0 Å². The summed E-state index contributed by atoms with van der Waals surface area (Å²) in [6, 6.07) is 0. The van der Waals surface area contributed by atoms with Gasteiger partial charge < -0.3 is 14.2 Å². The predicted octanol–water partition coefficient (Wildman–Crippen LogP) is 23.7. The number of hydrogen-bond acceptors (Lipinski definition) is 6. The van der Waals surface area contributed by atoms with Gasteiger partial charge in [-0.05, 0) is 83.5 Å². The zero-order valence-electron chi connectivity index (χ0n) is 52.6. The average Bonchev–Trinajstić information content (AvgIpc) is 3.45. The van der Waals surface area contributed by atoms with Gasteiger partial charge in [0.05, 0.1) is 0 Å². The Balaban J connectivity index is 4.21. The van der Waals surface area contributed by atoms with Crippen LogP contribution < -0.4 is 0 Å². The number of hydrogen-bond donors (Lipinski definition) is 0. The second kappa shape index (κ2) is 67.4. The fourth-order valence-corrected chi connectivity index (χ4v) is 10.0. The van der Waals surface area contributed by atoms with Crippen LogP contribution in [0.2, 0.25) is 0 Å². The van der Waals surface area contributed by atoms with Crippen LogP contribution in [0.4, 0.5) is 0 Å². The summed E-state index contributed by atoms with van der Waals surface area (Å²) in [6.45, 7) is 6.50. The zero-order valence-corrected chi connectivity index (χ0v) is 52.6. The molecule has 458 valence electrons. The molecule has 0 radical (unpaired) electrons. The van der Waals surface area contributed by atoms with Crippen molar-refractivity contribution in [1.82, 2.24) is 0 Å². The monoisotopic (exact) mass is 1100 g/mol. The van der Waals surface area contributed by atoms with Crippen LogP contribution in [-0.2, 0) is 28.6 Å². The summed E-state index contributed by atoms with van der Waals surface area (Å²) in [7, 11) is 0. The summed E-state index contributed by atoms with van der Waals surface area (Å²) in [5.74, 6) is -0.910. The molecule has 0 aromatic rings. The highest BCUT2D eigenvalue weighted by Gasteiger charge is 2.19. The van der Waals surface area contributed by atoms with Crippen molar-refractivity contribution < 1.29 is 28.6 Å². The summed E-state index contributed by atoms with van der Waals surface area (Å²) >= 11 is 0. The highest BCUT2D eigenvalue weighted by Crippen LogP contribution is 2.18. The Morgan fingerprint density at radius 1 is 0.266 bits per heavy atom. The highest BCUT2D eigenvalue weighted by atomic mass is 16.6. The number of unbranched alkanes of at least 4 members (excludes halogenated alkanes) is 40. The van der Waals surface area contributed by atoms with Crippen LogP contribution in [0.15, 0.2) is 72.9 Å². The summed E-state index contributed by atoms with van der Waals surface area (Å²) in [5.41, 5.74) is 0. The van der Waals surface area contributed by atoms with Gasteiger partial charge in [0.15, 0.2) is 6.10 Å². The van der Waals surface area contributed by atoms with Gasteiger partial charge in [-0.25, -0.2) is 0 Å². The molecule has 0 rings (SSSR count). The third-order valence-corrected chi connectivity index (χ3v) is 15.2. The molecule has 0 bridgehead atoms. The van der Waals surface area contributed by atoms with Gasteiger partial charge in [-0.15, -0.1) is 0 Å². The van der Waals surface area contributed by atoms with E-state index in [0.29, 0.717) is 19.3 Å². The van der Waals surface area contributed by atoms with Crippen LogP contribution in [-0.4, -0.2) is 37.2 Å². The van der Waals surface area contributed by atoms with E-state index in [1.54, 1.807) is 0 Å². The second-order valence-electron chi connectivity index (χ2n) is 23.1. The van der Waals surface area contributed by atoms with Crippen molar-refractivity contribution in [1.29, 1.82) is 0 Å². The molecule has 6 nitrogen and oxygen atoms in total. The quantitative estimate of drug-likeness (QED) is 0.0261. The zero-order chi connectivity index (χ0) is 57.1. The number of rotatable bonds is 63. The maximum Gasteiger partial charge on any atom is 0.306 e. The first-order chi connectivity index (χ1) is 39.0. The maximum atomic E-state index is 12.9. The molecule has 0 N–H and O–H groups in total. The number of ether oxygens (including phenoxy) is 3. The van der Waals surface area contributed by atoms with E-state index in [0.717, 1.165) is 122 Å². The summed E-state index contributed by atoms with van der Waals surface area (Å²) < 4.78 is 16.9. The number of allylic oxidation sites excluding steroid dienone is 12. The Bertz CT molecular complexity index is 1450. The molecule has 1 unspecified atom stereocenters.